The van der Waals surface area contributed by atoms with Gasteiger partial charge in [0.1, 0.15) is 16.5 Å². The summed E-state index contributed by atoms with van der Waals surface area (Å²) in [7, 11) is 3.31. The molecule has 120 valence electrons. The van der Waals surface area contributed by atoms with Crippen LogP contribution in [0.3, 0.4) is 0 Å². The van der Waals surface area contributed by atoms with E-state index in [4.69, 9.17) is 20.2 Å². The second-order valence-corrected chi connectivity index (χ2v) is 6.33. The van der Waals surface area contributed by atoms with E-state index in [-0.39, 0.29) is 17.9 Å². The maximum atomic E-state index is 6.48. The molecule has 0 bridgehead atoms. The highest BCUT2D eigenvalue weighted by atomic mass is 35.5. The molecule has 0 aliphatic heterocycles. The summed E-state index contributed by atoms with van der Waals surface area (Å²) in [4.78, 5) is 4.77. The second-order valence-electron chi connectivity index (χ2n) is 5.47. The molecule has 0 unspecified atom stereocenters. The van der Waals surface area contributed by atoms with Crippen LogP contribution in [-0.4, -0.2) is 19.2 Å². The number of nitrogens with zero attached hydrogens (tertiary/aromatic N) is 1. The van der Waals surface area contributed by atoms with Gasteiger partial charge in [0, 0.05) is 17.0 Å². The Bertz CT molecular complexity index is 639. The maximum absolute atomic E-state index is 6.48. The molecule has 0 amide bonds. The van der Waals surface area contributed by atoms with E-state index in [1.54, 1.807) is 25.6 Å². The minimum atomic E-state index is -0.234. The normalized spacial score (nSPS) is 16.1. The van der Waals surface area contributed by atoms with E-state index < -0.39 is 0 Å². The molecule has 1 aromatic heterocycles. The molecule has 2 aromatic rings. The topological polar surface area (TPSA) is 57.4 Å². The number of aromatic nitrogens is 1. The number of halogens is 1. The molecular weight excluding hydrogens is 320 g/mol. The van der Waals surface area contributed by atoms with Gasteiger partial charge in [-0.3, -0.25) is 0 Å². The molecule has 0 saturated heterocycles. The molecule has 0 atom stereocenters. The van der Waals surface area contributed by atoms with E-state index in [1.165, 1.54) is 12.8 Å². The van der Waals surface area contributed by atoms with Crippen molar-refractivity contribution < 1.29 is 9.47 Å². The highest BCUT2D eigenvalue weighted by Gasteiger charge is 2.34. The molecule has 4 nitrogen and oxygen atoms in total. The molecule has 1 aromatic carbocycles. The van der Waals surface area contributed by atoms with Gasteiger partial charge in [-0.05, 0) is 25.0 Å². The zero-order valence-corrected chi connectivity index (χ0v) is 14.4. The lowest BCUT2D eigenvalue weighted by atomic mass is 10.0. The van der Waals surface area contributed by atoms with Crippen LogP contribution in [0.5, 0.6) is 11.5 Å². The molecule has 3 rings (SSSR count). The molecule has 6 heteroatoms. The Labute approximate surface area is 141 Å². The largest absolute Gasteiger partial charge is 0.497 e. The van der Waals surface area contributed by atoms with Crippen molar-refractivity contribution in [2.24, 2.45) is 5.73 Å². The molecule has 1 saturated carbocycles. The first-order chi connectivity index (χ1) is 10.2. The number of thiazole rings is 1. The first kappa shape index (κ1) is 17.1. The Hall–Kier alpha value is -1.30. The molecular formula is C16H21ClN2O2S. The SMILES string of the molecule is COc1ccc(-c2csc(C3(N)CCCC3)n2)c(OC)c1.Cl. The lowest BCUT2D eigenvalue weighted by Gasteiger charge is -2.19. The first-order valence-electron chi connectivity index (χ1n) is 7.13. The van der Waals surface area contributed by atoms with Gasteiger partial charge in [0.15, 0.2) is 0 Å². The minimum absolute atomic E-state index is 0. The van der Waals surface area contributed by atoms with Crippen LogP contribution in [0, 0.1) is 0 Å². The van der Waals surface area contributed by atoms with Crippen LogP contribution in [0.4, 0.5) is 0 Å². The van der Waals surface area contributed by atoms with E-state index in [1.807, 2.05) is 18.2 Å². The molecule has 1 aliphatic carbocycles. The minimum Gasteiger partial charge on any atom is -0.497 e. The van der Waals surface area contributed by atoms with Gasteiger partial charge in [-0.2, -0.15) is 0 Å². The number of methoxy groups -OCH3 is 2. The number of rotatable bonds is 4. The summed E-state index contributed by atoms with van der Waals surface area (Å²) < 4.78 is 10.7. The Balaban J connectivity index is 0.00000176. The van der Waals surface area contributed by atoms with Crippen LogP contribution in [0.2, 0.25) is 0 Å². The fourth-order valence-corrected chi connectivity index (χ4v) is 3.85. The van der Waals surface area contributed by atoms with Crippen molar-refractivity contribution in [2.75, 3.05) is 14.2 Å². The van der Waals surface area contributed by atoms with Crippen molar-refractivity contribution in [1.29, 1.82) is 0 Å². The first-order valence-corrected chi connectivity index (χ1v) is 8.01. The Morgan fingerprint density at radius 2 is 1.91 bits per heavy atom. The highest BCUT2D eigenvalue weighted by molar-refractivity contribution is 7.10. The van der Waals surface area contributed by atoms with Gasteiger partial charge in [-0.25, -0.2) is 4.98 Å². The third-order valence-corrected chi connectivity index (χ3v) is 5.17. The van der Waals surface area contributed by atoms with Crippen molar-refractivity contribution >= 4 is 23.7 Å². The third-order valence-electron chi connectivity index (χ3n) is 4.11. The van der Waals surface area contributed by atoms with Crippen molar-refractivity contribution in [1.82, 2.24) is 4.98 Å². The summed E-state index contributed by atoms with van der Waals surface area (Å²) in [5, 5.41) is 3.10. The Morgan fingerprint density at radius 1 is 1.18 bits per heavy atom. The molecule has 1 aliphatic rings. The lowest BCUT2D eigenvalue weighted by molar-refractivity contribution is 0.395. The standard InChI is InChI=1S/C16H20N2O2S.ClH/c1-19-11-5-6-12(14(9-11)20-2)13-10-21-15(18-13)16(17)7-3-4-8-16;/h5-6,9-10H,3-4,7-8,17H2,1-2H3;1H. The van der Waals surface area contributed by atoms with Gasteiger partial charge in [0.2, 0.25) is 0 Å². The number of hydrogen-bond acceptors (Lipinski definition) is 5. The Kier molecular flexibility index (Phi) is 5.32. The van der Waals surface area contributed by atoms with Crippen molar-refractivity contribution in [3.8, 4) is 22.8 Å². The predicted molar refractivity (Wildman–Crippen MR) is 92.2 cm³/mol. The molecule has 0 radical (unpaired) electrons. The Morgan fingerprint density at radius 3 is 2.55 bits per heavy atom. The van der Waals surface area contributed by atoms with E-state index in [0.29, 0.717) is 0 Å². The molecule has 0 spiro atoms. The highest BCUT2D eigenvalue weighted by Crippen LogP contribution is 2.40. The molecule has 22 heavy (non-hydrogen) atoms. The maximum Gasteiger partial charge on any atom is 0.131 e. The zero-order valence-electron chi connectivity index (χ0n) is 12.8. The number of hydrogen-bond donors (Lipinski definition) is 1. The van der Waals surface area contributed by atoms with Crippen molar-refractivity contribution in [2.45, 2.75) is 31.2 Å². The predicted octanol–water partition coefficient (Wildman–Crippen LogP) is 3.98. The summed E-state index contributed by atoms with van der Waals surface area (Å²) in [5.41, 5.74) is 8.15. The van der Waals surface area contributed by atoms with Crippen LogP contribution in [0.1, 0.15) is 30.7 Å². The molecule has 2 N–H and O–H groups in total. The summed E-state index contributed by atoms with van der Waals surface area (Å²) in [6, 6.07) is 5.78. The van der Waals surface area contributed by atoms with Gasteiger partial charge >= 0.3 is 0 Å². The van der Waals surface area contributed by atoms with Crippen LogP contribution >= 0.6 is 23.7 Å². The van der Waals surface area contributed by atoms with E-state index in [9.17, 15) is 0 Å². The quantitative estimate of drug-likeness (QED) is 0.914. The van der Waals surface area contributed by atoms with Crippen molar-refractivity contribution in [3.05, 3.63) is 28.6 Å². The van der Waals surface area contributed by atoms with Crippen LogP contribution in [0.25, 0.3) is 11.3 Å². The monoisotopic (exact) mass is 340 g/mol. The van der Waals surface area contributed by atoms with Gasteiger partial charge in [0.05, 0.1) is 25.5 Å². The van der Waals surface area contributed by atoms with Gasteiger partial charge in [0.25, 0.3) is 0 Å². The molecule has 1 heterocycles. The lowest BCUT2D eigenvalue weighted by Crippen LogP contribution is -2.32. The fourth-order valence-electron chi connectivity index (χ4n) is 2.86. The summed E-state index contributed by atoms with van der Waals surface area (Å²) >= 11 is 1.65. The summed E-state index contributed by atoms with van der Waals surface area (Å²) in [6.45, 7) is 0. The molecule has 1 fully saturated rings. The summed E-state index contributed by atoms with van der Waals surface area (Å²) in [6.07, 6.45) is 4.44. The number of ether oxygens (including phenoxy) is 2. The van der Waals surface area contributed by atoms with Crippen LogP contribution < -0.4 is 15.2 Å². The fraction of sp³-hybridized carbons (Fsp3) is 0.438. The van der Waals surface area contributed by atoms with Crippen LogP contribution in [-0.2, 0) is 5.54 Å². The van der Waals surface area contributed by atoms with E-state index in [2.05, 4.69) is 5.38 Å². The second kappa shape index (κ2) is 6.86. The van der Waals surface area contributed by atoms with Gasteiger partial charge in [-0.15, -0.1) is 23.7 Å². The summed E-state index contributed by atoms with van der Waals surface area (Å²) in [5.74, 6) is 1.54. The van der Waals surface area contributed by atoms with E-state index >= 15 is 0 Å². The van der Waals surface area contributed by atoms with Gasteiger partial charge in [-0.1, -0.05) is 12.8 Å². The third kappa shape index (κ3) is 3.07. The van der Waals surface area contributed by atoms with Gasteiger partial charge < -0.3 is 15.2 Å². The zero-order chi connectivity index (χ0) is 14.9. The van der Waals surface area contributed by atoms with Crippen LogP contribution in [0.15, 0.2) is 23.6 Å². The average molecular weight is 341 g/mol. The van der Waals surface area contributed by atoms with E-state index in [0.717, 1.165) is 40.6 Å². The number of nitrogens with two attached hydrogens (primary N) is 1. The van der Waals surface area contributed by atoms with Crippen molar-refractivity contribution in [3.63, 3.8) is 0 Å². The number of benzene rings is 1. The smallest absolute Gasteiger partial charge is 0.131 e. The average Bonchev–Trinajstić information content (AvgIpc) is 3.16.